The zero-order chi connectivity index (χ0) is 14.7. The standard InChI is InChI=1S/C15H21NO3S/c1-10(2)7-8-16-13(17)6-5-11(15(18)19)14(16)12-4-3-9-20-12/h3-4,9-11,14H,5-8H2,1-2H3,(H,18,19)/t11-,14+/m1/s1. The Balaban J connectivity index is 2.27. The highest BCUT2D eigenvalue weighted by molar-refractivity contribution is 7.10. The molecule has 1 saturated heterocycles. The van der Waals surface area contributed by atoms with Crippen molar-refractivity contribution >= 4 is 23.2 Å². The van der Waals surface area contributed by atoms with E-state index in [4.69, 9.17) is 0 Å². The predicted octanol–water partition coefficient (Wildman–Crippen LogP) is 3.16. The number of nitrogens with zero attached hydrogens (tertiary/aromatic N) is 1. The number of thiophene rings is 1. The third kappa shape index (κ3) is 3.20. The monoisotopic (exact) mass is 295 g/mol. The summed E-state index contributed by atoms with van der Waals surface area (Å²) in [7, 11) is 0. The van der Waals surface area contributed by atoms with E-state index in [1.54, 1.807) is 4.90 Å². The van der Waals surface area contributed by atoms with Crippen LogP contribution in [-0.4, -0.2) is 28.4 Å². The number of carbonyl (C=O) groups is 2. The quantitative estimate of drug-likeness (QED) is 0.907. The Bertz CT molecular complexity index is 469. The fraction of sp³-hybridized carbons (Fsp3) is 0.600. The van der Waals surface area contributed by atoms with Gasteiger partial charge in [0.15, 0.2) is 0 Å². The first-order valence-corrected chi connectivity index (χ1v) is 7.94. The molecule has 0 aliphatic carbocycles. The number of amides is 1. The molecule has 1 amide bonds. The average molecular weight is 295 g/mol. The van der Waals surface area contributed by atoms with Crippen LogP contribution in [0.3, 0.4) is 0 Å². The molecule has 2 atom stereocenters. The third-order valence-electron chi connectivity index (χ3n) is 3.81. The van der Waals surface area contributed by atoms with Gasteiger partial charge in [0.2, 0.25) is 5.91 Å². The number of hydrogen-bond acceptors (Lipinski definition) is 3. The van der Waals surface area contributed by atoms with Crippen LogP contribution in [0, 0.1) is 11.8 Å². The molecule has 1 aromatic rings. The van der Waals surface area contributed by atoms with E-state index in [1.165, 1.54) is 11.3 Å². The largest absolute Gasteiger partial charge is 0.481 e. The summed E-state index contributed by atoms with van der Waals surface area (Å²) in [5.74, 6) is -0.706. The molecule has 1 aliphatic rings. The van der Waals surface area contributed by atoms with Crippen LogP contribution in [0.15, 0.2) is 17.5 Å². The van der Waals surface area contributed by atoms with Crippen LogP contribution in [0.5, 0.6) is 0 Å². The number of carboxylic acid groups (broad SMARTS) is 1. The predicted molar refractivity (Wildman–Crippen MR) is 78.6 cm³/mol. The molecule has 0 unspecified atom stereocenters. The number of carboxylic acids is 1. The highest BCUT2D eigenvalue weighted by Crippen LogP contribution is 2.39. The lowest BCUT2D eigenvalue weighted by atomic mass is 9.87. The lowest BCUT2D eigenvalue weighted by Crippen LogP contribution is -2.45. The number of carbonyl (C=O) groups excluding carboxylic acids is 1. The number of hydrogen-bond donors (Lipinski definition) is 1. The maximum absolute atomic E-state index is 12.2. The van der Waals surface area contributed by atoms with Gasteiger partial charge in [0.25, 0.3) is 0 Å². The van der Waals surface area contributed by atoms with E-state index in [2.05, 4.69) is 13.8 Å². The molecular weight excluding hydrogens is 274 g/mol. The van der Waals surface area contributed by atoms with E-state index >= 15 is 0 Å². The van der Waals surface area contributed by atoms with Crippen LogP contribution >= 0.6 is 11.3 Å². The van der Waals surface area contributed by atoms with E-state index in [9.17, 15) is 14.7 Å². The normalized spacial score (nSPS) is 23.4. The highest BCUT2D eigenvalue weighted by atomic mass is 32.1. The van der Waals surface area contributed by atoms with Crippen molar-refractivity contribution in [2.45, 2.75) is 39.2 Å². The average Bonchev–Trinajstić information content (AvgIpc) is 2.89. The van der Waals surface area contributed by atoms with Crippen LogP contribution in [0.2, 0.25) is 0 Å². The van der Waals surface area contributed by atoms with E-state index in [0.29, 0.717) is 25.3 Å². The summed E-state index contributed by atoms with van der Waals surface area (Å²) in [6.07, 6.45) is 1.69. The van der Waals surface area contributed by atoms with Crippen molar-refractivity contribution in [3.63, 3.8) is 0 Å². The Kier molecular flexibility index (Phi) is 4.81. The van der Waals surface area contributed by atoms with Gasteiger partial charge in [-0.15, -0.1) is 11.3 Å². The summed E-state index contributed by atoms with van der Waals surface area (Å²) in [5.41, 5.74) is 0. The Morgan fingerprint density at radius 1 is 1.55 bits per heavy atom. The molecule has 0 saturated carbocycles. The lowest BCUT2D eigenvalue weighted by molar-refractivity contribution is -0.152. The molecule has 1 fully saturated rings. The van der Waals surface area contributed by atoms with Gasteiger partial charge in [-0.1, -0.05) is 19.9 Å². The number of piperidine rings is 1. The molecule has 2 rings (SSSR count). The van der Waals surface area contributed by atoms with Crippen molar-refractivity contribution in [2.24, 2.45) is 11.8 Å². The van der Waals surface area contributed by atoms with Gasteiger partial charge >= 0.3 is 5.97 Å². The lowest BCUT2D eigenvalue weighted by Gasteiger charge is -2.39. The fourth-order valence-corrected chi connectivity index (χ4v) is 3.59. The molecule has 110 valence electrons. The molecule has 1 aliphatic heterocycles. The van der Waals surface area contributed by atoms with Gasteiger partial charge in [0, 0.05) is 17.8 Å². The van der Waals surface area contributed by atoms with Crippen LogP contribution in [-0.2, 0) is 9.59 Å². The maximum atomic E-state index is 12.2. The molecular formula is C15H21NO3S. The van der Waals surface area contributed by atoms with Gasteiger partial charge in [0.05, 0.1) is 12.0 Å². The minimum atomic E-state index is -0.801. The van der Waals surface area contributed by atoms with Crippen molar-refractivity contribution < 1.29 is 14.7 Å². The van der Waals surface area contributed by atoms with Crippen molar-refractivity contribution in [1.82, 2.24) is 4.90 Å². The zero-order valence-electron chi connectivity index (χ0n) is 11.9. The van der Waals surface area contributed by atoms with Crippen LogP contribution < -0.4 is 0 Å². The van der Waals surface area contributed by atoms with E-state index in [1.807, 2.05) is 17.5 Å². The number of aliphatic carboxylic acids is 1. The summed E-state index contributed by atoms with van der Waals surface area (Å²) in [6.45, 7) is 4.87. The van der Waals surface area contributed by atoms with Crippen molar-refractivity contribution in [1.29, 1.82) is 0 Å². The Hall–Kier alpha value is -1.36. The molecule has 1 N–H and O–H groups in total. The third-order valence-corrected chi connectivity index (χ3v) is 4.75. The topological polar surface area (TPSA) is 57.6 Å². The minimum Gasteiger partial charge on any atom is -0.481 e. The first kappa shape index (κ1) is 15.0. The van der Waals surface area contributed by atoms with Gasteiger partial charge in [-0.05, 0) is 30.2 Å². The zero-order valence-corrected chi connectivity index (χ0v) is 12.7. The first-order chi connectivity index (χ1) is 9.50. The second kappa shape index (κ2) is 6.39. The smallest absolute Gasteiger partial charge is 0.308 e. The van der Waals surface area contributed by atoms with Crippen molar-refractivity contribution in [3.05, 3.63) is 22.4 Å². The molecule has 5 heteroatoms. The fourth-order valence-electron chi connectivity index (χ4n) is 2.68. The van der Waals surface area contributed by atoms with Crippen LogP contribution in [0.1, 0.15) is 44.0 Å². The van der Waals surface area contributed by atoms with E-state index in [-0.39, 0.29) is 11.9 Å². The van der Waals surface area contributed by atoms with Gasteiger partial charge in [0.1, 0.15) is 0 Å². The number of rotatable bonds is 5. The van der Waals surface area contributed by atoms with Gasteiger partial charge in [-0.2, -0.15) is 0 Å². The second-order valence-corrected chi connectivity index (χ2v) is 6.69. The second-order valence-electron chi connectivity index (χ2n) is 5.71. The molecule has 0 radical (unpaired) electrons. The SMILES string of the molecule is CC(C)CCN1C(=O)CC[C@@H](C(=O)O)[C@H]1c1cccs1. The van der Waals surface area contributed by atoms with Gasteiger partial charge < -0.3 is 10.0 Å². The van der Waals surface area contributed by atoms with E-state index in [0.717, 1.165) is 11.3 Å². The van der Waals surface area contributed by atoms with Crippen molar-refractivity contribution in [2.75, 3.05) is 6.54 Å². The molecule has 1 aromatic heterocycles. The van der Waals surface area contributed by atoms with Crippen LogP contribution in [0.25, 0.3) is 0 Å². The molecule has 0 bridgehead atoms. The Morgan fingerprint density at radius 3 is 2.85 bits per heavy atom. The van der Waals surface area contributed by atoms with E-state index < -0.39 is 11.9 Å². The summed E-state index contributed by atoms with van der Waals surface area (Å²) >= 11 is 1.53. The summed E-state index contributed by atoms with van der Waals surface area (Å²) < 4.78 is 0. The van der Waals surface area contributed by atoms with Crippen molar-refractivity contribution in [3.8, 4) is 0 Å². The van der Waals surface area contributed by atoms with Gasteiger partial charge in [-0.3, -0.25) is 9.59 Å². The molecule has 20 heavy (non-hydrogen) atoms. The molecule has 0 aromatic carbocycles. The summed E-state index contributed by atoms with van der Waals surface area (Å²) in [4.78, 5) is 26.5. The summed E-state index contributed by atoms with van der Waals surface area (Å²) in [5, 5.41) is 11.4. The molecule has 2 heterocycles. The first-order valence-electron chi connectivity index (χ1n) is 7.06. The number of likely N-dealkylation sites (tertiary alicyclic amines) is 1. The maximum Gasteiger partial charge on any atom is 0.308 e. The molecule has 4 nitrogen and oxygen atoms in total. The molecule has 0 spiro atoms. The highest BCUT2D eigenvalue weighted by Gasteiger charge is 2.40. The Labute approximate surface area is 123 Å². The minimum absolute atomic E-state index is 0.0848. The van der Waals surface area contributed by atoms with Crippen LogP contribution in [0.4, 0.5) is 0 Å². The summed E-state index contributed by atoms with van der Waals surface area (Å²) in [6, 6.07) is 3.55. The van der Waals surface area contributed by atoms with Gasteiger partial charge in [-0.25, -0.2) is 0 Å². The Morgan fingerprint density at radius 2 is 2.30 bits per heavy atom.